The minimum Gasteiger partial charge on any atom is -0.487 e. The molecular weight excluding hydrogens is 444 g/mol. The van der Waals surface area contributed by atoms with Crippen molar-refractivity contribution in [3.05, 3.63) is 52.3 Å². The molecule has 2 fully saturated rings. The van der Waals surface area contributed by atoms with Crippen LogP contribution in [0.15, 0.2) is 35.5 Å². The van der Waals surface area contributed by atoms with Gasteiger partial charge in [-0.15, -0.1) is 0 Å². The second-order valence-electron chi connectivity index (χ2n) is 9.82. The Balaban J connectivity index is 1.39. The lowest BCUT2D eigenvalue weighted by molar-refractivity contribution is -0.247. The van der Waals surface area contributed by atoms with E-state index in [9.17, 15) is 4.79 Å². The number of benzene rings is 1. The number of nitrogens with zero attached hydrogens (tertiary/aromatic N) is 2. The van der Waals surface area contributed by atoms with E-state index in [-0.39, 0.29) is 11.9 Å². The summed E-state index contributed by atoms with van der Waals surface area (Å²) >= 11 is 6.13. The van der Waals surface area contributed by atoms with Crippen LogP contribution in [0.25, 0.3) is 0 Å². The molecule has 33 heavy (non-hydrogen) atoms. The maximum atomic E-state index is 13.2. The number of amidine groups is 1. The zero-order chi connectivity index (χ0) is 23.0. The fraction of sp³-hybridized carbons (Fsp3) is 0.458. The first-order chi connectivity index (χ1) is 15.7. The zero-order valence-corrected chi connectivity index (χ0v) is 19.2. The predicted octanol–water partition coefficient (Wildman–Crippen LogP) is 3.59. The summed E-state index contributed by atoms with van der Waals surface area (Å²) in [7, 11) is 0. The number of hydrogen-bond donors (Lipinski definition) is 2. The maximum absolute atomic E-state index is 13.2. The summed E-state index contributed by atoms with van der Waals surface area (Å²) in [5.41, 5.74) is 7.01. The monoisotopic (exact) mass is 468 g/mol. The van der Waals surface area contributed by atoms with Crippen LogP contribution < -0.4 is 15.8 Å². The van der Waals surface area contributed by atoms with Crippen molar-refractivity contribution in [3.8, 4) is 5.75 Å². The number of nitrogens with two attached hydrogens (primary N) is 1. The first-order valence-electron chi connectivity index (χ1n) is 11.1. The lowest BCUT2D eigenvalue weighted by Gasteiger charge is -2.61. The first kappa shape index (κ1) is 20.7. The Kier molecular flexibility index (Phi) is 4.30. The molecule has 3 aliphatic heterocycles. The summed E-state index contributed by atoms with van der Waals surface area (Å²) < 4.78 is 17.8. The number of carbonyl (C=O) groups excluding carboxylic acids is 1. The fourth-order valence-electron chi connectivity index (χ4n) is 5.40. The number of nitrogens with one attached hydrogen (secondary N) is 1. The molecule has 1 saturated carbocycles. The molecule has 9 heteroatoms. The molecule has 1 saturated heterocycles. The SMILES string of the molecule is CC1(C)Oc2ccc(NC(=O)c3ncc(Cl)cc3C3CC3)cc2C2(COC(N)=N2)C12COC2. The fourth-order valence-corrected chi connectivity index (χ4v) is 5.56. The van der Waals surface area contributed by atoms with Gasteiger partial charge < -0.3 is 25.3 Å². The third-order valence-corrected chi connectivity index (χ3v) is 7.74. The molecule has 1 amide bonds. The quantitative estimate of drug-likeness (QED) is 0.712. The third-order valence-electron chi connectivity index (χ3n) is 7.54. The van der Waals surface area contributed by atoms with Crippen molar-refractivity contribution >= 4 is 29.2 Å². The Hall–Kier alpha value is -2.84. The van der Waals surface area contributed by atoms with Crippen molar-refractivity contribution < 1.29 is 19.0 Å². The van der Waals surface area contributed by atoms with Crippen molar-refractivity contribution in [2.75, 3.05) is 25.1 Å². The molecule has 2 aromatic rings. The highest BCUT2D eigenvalue weighted by molar-refractivity contribution is 6.30. The van der Waals surface area contributed by atoms with Crippen molar-refractivity contribution in [3.63, 3.8) is 0 Å². The van der Waals surface area contributed by atoms with Crippen molar-refractivity contribution in [2.24, 2.45) is 16.1 Å². The van der Waals surface area contributed by atoms with Crippen LogP contribution in [-0.2, 0) is 15.0 Å². The average Bonchev–Trinajstić information content (AvgIpc) is 3.50. The molecule has 3 N–H and O–H groups in total. The second-order valence-corrected chi connectivity index (χ2v) is 10.3. The molecule has 4 aliphatic rings. The highest BCUT2D eigenvalue weighted by atomic mass is 35.5. The number of pyridine rings is 1. The van der Waals surface area contributed by atoms with Gasteiger partial charge in [0, 0.05) is 17.4 Å². The third kappa shape index (κ3) is 2.90. The van der Waals surface area contributed by atoms with Crippen LogP contribution >= 0.6 is 11.6 Å². The van der Waals surface area contributed by atoms with E-state index in [0.717, 1.165) is 24.0 Å². The molecule has 0 bridgehead atoms. The van der Waals surface area contributed by atoms with E-state index in [4.69, 9.17) is 36.5 Å². The lowest BCUT2D eigenvalue weighted by atomic mass is 9.55. The number of aliphatic imine (C=N–C) groups is 1. The summed E-state index contributed by atoms with van der Waals surface area (Å²) in [4.78, 5) is 22.3. The van der Waals surface area contributed by atoms with E-state index < -0.39 is 16.6 Å². The van der Waals surface area contributed by atoms with E-state index in [1.807, 2.05) is 38.1 Å². The van der Waals surface area contributed by atoms with Gasteiger partial charge in [0.05, 0.1) is 23.7 Å². The second kappa shape index (κ2) is 6.84. The van der Waals surface area contributed by atoms with Gasteiger partial charge in [-0.3, -0.25) is 4.79 Å². The molecule has 1 aromatic heterocycles. The van der Waals surface area contributed by atoms with Crippen LogP contribution in [0.5, 0.6) is 5.75 Å². The standard InChI is InChI=1S/C24H25ClN4O4/c1-22(2)23(10-31-11-23)24(12-32-21(26)29-24)17-8-15(5-6-18(17)33-22)28-20(30)19-16(13-3-4-13)7-14(25)9-27-19/h5-9,13H,3-4,10-12H2,1-2H3,(H2,26,29)(H,28,30). The highest BCUT2D eigenvalue weighted by Gasteiger charge is 2.71. The molecule has 1 aliphatic carbocycles. The minimum atomic E-state index is -0.759. The molecular formula is C24H25ClN4O4. The Morgan fingerprint density at radius 3 is 2.64 bits per heavy atom. The number of carbonyl (C=O) groups is 1. The molecule has 4 heterocycles. The van der Waals surface area contributed by atoms with E-state index in [0.29, 0.717) is 47.9 Å². The van der Waals surface area contributed by atoms with Gasteiger partial charge in [0.15, 0.2) is 0 Å². The van der Waals surface area contributed by atoms with Gasteiger partial charge in [0.2, 0.25) is 0 Å². The van der Waals surface area contributed by atoms with Gasteiger partial charge in [-0.1, -0.05) is 11.6 Å². The largest absolute Gasteiger partial charge is 0.487 e. The molecule has 8 nitrogen and oxygen atoms in total. The Labute approximate surface area is 196 Å². The summed E-state index contributed by atoms with van der Waals surface area (Å²) in [6.07, 6.45) is 3.59. The number of halogens is 1. The Bertz CT molecular complexity index is 1200. The summed E-state index contributed by atoms with van der Waals surface area (Å²) in [6, 6.07) is 7.58. The summed E-state index contributed by atoms with van der Waals surface area (Å²) in [5.74, 6) is 0.763. The highest BCUT2D eigenvalue weighted by Crippen LogP contribution is 2.62. The van der Waals surface area contributed by atoms with Crippen molar-refractivity contribution in [2.45, 2.75) is 43.7 Å². The Morgan fingerprint density at radius 1 is 1.21 bits per heavy atom. The number of rotatable bonds is 3. The number of hydrogen-bond acceptors (Lipinski definition) is 7. The van der Waals surface area contributed by atoms with E-state index >= 15 is 0 Å². The number of amides is 1. The van der Waals surface area contributed by atoms with Gasteiger partial charge >= 0.3 is 0 Å². The zero-order valence-electron chi connectivity index (χ0n) is 18.5. The molecule has 6 rings (SSSR count). The smallest absolute Gasteiger partial charge is 0.283 e. The van der Waals surface area contributed by atoms with Crippen molar-refractivity contribution in [1.82, 2.24) is 4.98 Å². The van der Waals surface area contributed by atoms with E-state index in [1.165, 1.54) is 6.20 Å². The van der Waals surface area contributed by atoms with Crippen LogP contribution in [0.2, 0.25) is 5.02 Å². The van der Waals surface area contributed by atoms with Gasteiger partial charge in [-0.05, 0) is 62.4 Å². The number of anilines is 1. The number of ether oxygens (including phenoxy) is 3. The molecule has 1 atom stereocenters. The topological polar surface area (TPSA) is 108 Å². The maximum Gasteiger partial charge on any atom is 0.283 e. The van der Waals surface area contributed by atoms with Crippen LogP contribution in [-0.4, -0.2) is 42.3 Å². The van der Waals surface area contributed by atoms with Gasteiger partial charge in [-0.25, -0.2) is 9.98 Å². The first-order valence-corrected chi connectivity index (χ1v) is 11.5. The van der Waals surface area contributed by atoms with Crippen LogP contribution in [0.4, 0.5) is 5.69 Å². The lowest BCUT2D eigenvalue weighted by Crippen LogP contribution is -2.71. The predicted molar refractivity (Wildman–Crippen MR) is 123 cm³/mol. The molecule has 1 aromatic carbocycles. The minimum absolute atomic E-state index is 0.152. The Morgan fingerprint density at radius 2 is 2.00 bits per heavy atom. The van der Waals surface area contributed by atoms with Crippen LogP contribution in [0.1, 0.15) is 54.2 Å². The van der Waals surface area contributed by atoms with Gasteiger partial charge in [0.25, 0.3) is 11.9 Å². The van der Waals surface area contributed by atoms with Crippen molar-refractivity contribution in [1.29, 1.82) is 0 Å². The van der Waals surface area contributed by atoms with Gasteiger partial charge in [0.1, 0.15) is 29.2 Å². The molecule has 2 spiro atoms. The van der Waals surface area contributed by atoms with Crippen LogP contribution in [0.3, 0.4) is 0 Å². The average molecular weight is 469 g/mol. The van der Waals surface area contributed by atoms with Crippen LogP contribution in [0, 0.1) is 5.41 Å². The summed E-state index contributed by atoms with van der Waals surface area (Å²) in [5, 5.41) is 3.54. The van der Waals surface area contributed by atoms with Gasteiger partial charge in [-0.2, -0.15) is 0 Å². The van der Waals surface area contributed by atoms with E-state index in [2.05, 4.69) is 10.3 Å². The number of aromatic nitrogens is 1. The molecule has 0 radical (unpaired) electrons. The molecule has 172 valence electrons. The number of fused-ring (bicyclic) bond motifs is 3. The molecule has 1 unspecified atom stereocenters. The normalized spacial score (nSPS) is 26.1. The summed E-state index contributed by atoms with van der Waals surface area (Å²) in [6.45, 7) is 5.35. The van der Waals surface area contributed by atoms with E-state index in [1.54, 1.807) is 0 Å².